The number of nitrogens with zero attached hydrogens (tertiary/aromatic N) is 1. The molecule has 1 fully saturated rings. The zero-order valence-electron chi connectivity index (χ0n) is 11.7. The normalized spacial score (nSPS) is 17.7. The highest BCUT2D eigenvalue weighted by Gasteiger charge is 2.15. The zero-order valence-corrected chi connectivity index (χ0v) is 11.7. The van der Waals surface area contributed by atoms with Crippen LogP contribution in [0, 0.1) is 28.9 Å². The van der Waals surface area contributed by atoms with Crippen LogP contribution in [-0.4, -0.2) is 33.0 Å². The van der Waals surface area contributed by atoms with Crippen molar-refractivity contribution in [3.8, 4) is 6.07 Å². The van der Waals surface area contributed by atoms with Gasteiger partial charge < -0.3 is 14.8 Å². The van der Waals surface area contributed by atoms with Gasteiger partial charge in [0.2, 0.25) is 0 Å². The number of benzene rings is 1. The van der Waals surface area contributed by atoms with Crippen LogP contribution < -0.4 is 5.32 Å². The number of ether oxygens (including phenoxy) is 2. The highest BCUT2D eigenvalue weighted by molar-refractivity contribution is 5.50. The number of nitrogens with one attached hydrogen (secondary N) is 1. The van der Waals surface area contributed by atoms with E-state index in [1.54, 1.807) is 6.07 Å². The summed E-state index contributed by atoms with van der Waals surface area (Å²) in [6.45, 7) is 3.15. The monoisotopic (exact) mass is 296 g/mol. The standard InChI is InChI=1S/C15H18F2N2O2/c16-13-6-12(8-18)7-14(17)15(13)19-3-1-4-20-9-11-2-5-21-10-11/h6-7,11,19H,1-5,9-10H2/t11-/m0/s1. The molecule has 1 aliphatic rings. The van der Waals surface area contributed by atoms with Crippen molar-refractivity contribution in [2.75, 3.05) is 38.3 Å². The molecular formula is C15H18F2N2O2. The molecule has 0 unspecified atom stereocenters. The Hall–Kier alpha value is -1.71. The molecule has 4 nitrogen and oxygen atoms in total. The maximum Gasteiger partial charge on any atom is 0.150 e. The van der Waals surface area contributed by atoms with Crippen LogP contribution in [0.4, 0.5) is 14.5 Å². The summed E-state index contributed by atoms with van der Waals surface area (Å²) >= 11 is 0. The van der Waals surface area contributed by atoms with E-state index in [1.165, 1.54) is 0 Å². The van der Waals surface area contributed by atoms with Crippen molar-refractivity contribution in [3.05, 3.63) is 29.3 Å². The van der Waals surface area contributed by atoms with Gasteiger partial charge in [-0.05, 0) is 25.0 Å². The minimum Gasteiger partial charge on any atom is -0.381 e. The average molecular weight is 296 g/mol. The minimum absolute atomic E-state index is 0.0299. The average Bonchev–Trinajstić information content (AvgIpc) is 2.97. The Labute approximate surface area is 122 Å². The minimum atomic E-state index is -0.754. The van der Waals surface area contributed by atoms with Gasteiger partial charge >= 0.3 is 0 Å². The van der Waals surface area contributed by atoms with E-state index in [2.05, 4.69) is 5.32 Å². The molecule has 0 aliphatic carbocycles. The first-order chi connectivity index (χ1) is 10.2. The molecule has 1 aromatic carbocycles. The first-order valence-electron chi connectivity index (χ1n) is 6.99. The van der Waals surface area contributed by atoms with Crippen molar-refractivity contribution < 1.29 is 18.3 Å². The summed E-state index contributed by atoms with van der Waals surface area (Å²) < 4.78 is 37.9. The van der Waals surface area contributed by atoms with Gasteiger partial charge in [0.1, 0.15) is 5.69 Å². The molecule has 6 heteroatoms. The fourth-order valence-corrected chi connectivity index (χ4v) is 2.16. The third kappa shape index (κ3) is 4.66. The molecule has 0 aromatic heterocycles. The second-order valence-corrected chi connectivity index (χ2v) is 5.01. The number of anilines is 1. The predicted molar refractivity (Wildman–Crippen MR) is 73.9 cm³/mol. The molecule has 0 bridgehead atoms. The Morgan fingerprint density at radius 3 is 2.76 bits per heavy atom. The lowest BCUT2D eigenvalue weighted by molar-refractivity contribution is 0.0897. The summed E-state index contributed by atoms with van der Waals surface area (Å²) in [6, 6.07) is 3.74. The summed E-state index contributed by atoms with van der Waals surface area (Å²) in [7, 11) is 0. The molecule has 1 aliphatic heterocycles. The Balaban J connectivity index is 1.67. The van der Waals surface area contributed by atoms with E-state index in [1.807, 2.05) is 0 Å². The van der Waals surface area contributed by atoms with Crippen molar-refractivity contribution in [2.45, 2.75) is 12.8 Å². The van der Waals surface area contributed by atoms with Crippen LogP contribution in [0.1, 0.15) is 18.4 Å². The van der Waals surface area contributed by atoms with E-state index in [9.17, 15) is 8.78 Å². The van der Waals surface area contributed by atoms with Gasteiger partial charge in [-0.2, -0.15) is 5.26 Å². The van der Waals surface area contributed by atoms with E-state index >= 15 is 0 Å². The SMILES string of the molecule is N#Cc1cc(F)c(NCCCOC[C@@H]2CCOC2)c(F)c1. The van der Waals surface area contributed by atoms with Crippen LogP contribution in [-0.2, 0) is 9.47 Å². The third-order valence-corrected chi connectivity index (χ3v) is 3.32. The van der Waals surface area contributed by atoms with E-state index in [0.29, 0.717) is 32.1 Å². The molecule has 1 atom stereocenters. The van der Waals surface area contributed by atoms with Gasteiger partial charge in [-0.1, -0.05) is 0 Å². The van der Waals surface area contributed by atoms with Crippen LogP contribution >= 0.6 is 0 Å². The molecule has 21 heavy (non-hydrogen) atoms. The summed E-state index contributed by atoms with van der Waals surface area (Å²) in [5.74, 6) is -1.04. The molecule has 2 rings (SSSR count). The molecule has 0 saturated carbocycles. The van der Waals surface area contributed by atoms with Crippen LogP contribution in [0.3, 0.4) is 0 Å². The fourth-order valence-electron chi connectivity index (χ4n) is 2.16. The summed E-state index contributed by atoms with van der Waals surface area (Å²) in [6.07, 6.45) is 1.67. The fraction of sp³-hybridized carbons (Fsp3) is 0.533. The Morgan fingerprint density at radius 2 is 2.14 bits per heavy atom. The maximum absolute atomic E-state index is 13.6. The predicted octanol–water partition coefficient (Wildman–Crippen LogP) is 2.69. The lowest BCUT2D eigenvalue weighted by Gasteiger charge is -2.11. The highest BCUT2D eigenvalue weighted by Crippen LogP contribution is 2.20. The Kier molecular flexibility index (Phi) is 5.90. The van der Waals surface area contributed by atoms with Crippen molar-refractivity contribution in [1.82, 2.24) is 0 Å². The largest absolute Gasteiger partial charge is 0.381 e. The van der Waals surface area contributed by atoms with Crippen LogP contribution in [0.25, 0.3) is 0 Å². The summed E-state index contributed by atoms with van der Waals surface area (Å²) in [5.41, 5.74) is -0.226. The van der Waals surface area contributed by atoms with Crippen LogP contribution in [0.15, 0.2) is 12.1 Å². The van der Waals surface area contributed by atoms with E-state index in [0.717, 1.165) is 31.8 Å². The number of hydrogen-bond acceptors (Lipinski definition) is 4. The molecule has 1 heterocycles. The van der Waals surface area contributed by atoms with Crippen LogP contribution in [0.2, 0.25) is 0 Å². The first kappa shape index (κ1) is 15.7. The van der Waals surface area contributed by atoms with Crippen molar-refractivity contribution in [3.63, 3.8) is 0 Å². The van der Waals surface area contributed by atoms with Gasteiger partial charge in [-0.15, -0.1) is 0 Å². The topological polar surface area (TPSA) is 54.3 Å². The molecule has 1 aromatic rings. The van der Waals surface area contributed by atoms with Gasteiger partial charge in [0.05, 0.1) is 24.8 Å². The zero-order chi connectivity index (χ0) is 15.1. The number of nitriles is 1. The maximum atomic E-state index is 13.6. The van der Waals surface area contributed by atoms with E-state index in [-0.39, 0.29) is 11.3 Å². The van der Waals surface area contributed by atoms with E-state index in [4.69, 9.17) is 14.7 Å². The van der Waals surface area contributed by atoms with Gasteiger partial charge in [0.25, 0.3) is 0 Å². The third-order valence-electron chi connectivity index (χ3n) is 3.32. The number of hydrogen-bond donors (Lipinski definition) is 1. The van der Waals surface area contributed by atoms with Gasteiger partial charge in [-0.25, -0.2) is 8.78 Å². The molecule has 114 valence electrons. The van der Waals surface area contributed by atoms with Crippen molar-refractivity contribution in [2.24, 2.45) is 5.92 Å². The number of rotatable bonds is 7. The van der Waals surface area contributed by atoms with Gasteiger partial charge in [-0.3, -0.25) is 0 Å². The smallest absolute Gasteiger partial charge is 0.150 e. The molecule has 1 saturated heterocycles. The Bertz CT molecular complexity index is 488. The first-order valence-corrected chi connectivity index (χ1v) is 6.99. The summed E-state index contributed by atoms with van der Waals surface area (Å²) in [5, 5.41) is 11.3. The summed E-state index contributed by atoms with van der Waals surface area (Å²) in [4.78, 5) is 0. The molecular weight excluding hydrogens is 278 g/mol. The number of halogens is 2. The van der Waals surface area contributed by atoms with Crippen LogP contribution in [0.5, 0.6) is 0 Å². The second-order valence-electron chi connectivity index (χ2n) is 5.01. The highest BCUT2D eigenvalue weighted by atomic mass is 19.1. The van der Waals surface area contributed by atoms with Gasteiger partial charge in [0.15, 0.2) is 11.6 Å². The molecule has 0 amide bonds. The van der Waals surface area contributed by atoms with Crippen molar-refractivity contribution in [1.29, 1.82) is 5.26 Å². The lowest BCUT2D eigenvalue weighted by Crippen LogP contribution is -2.13. The molecule has 1 N–H and O–H groups in total. The lowest BCUT2D eigenvalue weighted by atomic mass is 10.1. The Morgan fingerprint density at radius 1 is 1.38 bits per heavy atom. The molecule has 0 spiro atoms. The quantitative estimate of drug-likeness (QED) is 0.786. The van der Waals surface area contributed by atoms with Crippen molar-refractivity contribution >= 4 is 5.69 Å². The van der Waals surface area contributed by atoms with E-state index < -0.39 is 11.6 Å². The molecule has 0 radical (unpaired) electrons. The van der Waals surface area contributed by atoms with Gasteiger partial charge in [0, 0.05) is 25.7 Å². The second kappa shape index (κ2) is 7.91.